The SMILES string of the molecule is Cc1csc(NC(=O)c2ccc3cccc(-c4cccc(C(F)(F)F)c4)c3n2)n1. The van der Waals surface area contributed by atoms with Gasteiger partial charge in [0.2, 0.25) is 0 Å². The van der Waals surface area contributed by atoms with Crippen LogP contribution in [0.3, 0.4) is 0 Å². The smallest absolute Gasteiger partial charge is 0.296 e. The number of pyridine rings is 1. The van der Waals surface area contributed by atoms with Crippen LogP contribution in [0.25, 0.3) is 22.0 Å². The second-order valence-electron chi connectivity index (χ2n) is 6.40. The van der Waals surface area contributed by atoms with Crippen molar-refractivity contribution < 1.29 is 18.0 Å². The van der Waals surface area contributed by atoms with Crippen LogP contribution in [0.5, 0.6) is 0 Å². The molecule has 0 bridgehead atoms. The van der Waals surface area contributed by atoms with Gasteiger partial charge in [-0.05, 0) is 30.7 Å². The molecule has 1 N–H and O–H groups in total. The molecule has 2 heterocycles. The first-order valence-corrected chi connectivity index (χ1v) is 9.50. The minimum atomic E-state index is -4.44. The molecule has 0 aliphatic heterocycles. The number of hydrogen-bond donors (Lipinski definition) is 1. The van der Waals surface area contributed by atoms with Gasteiger partial charge in [0.1, 0.15) is 5.69 Å². The Labute approximate surface area is 168 Å². The summed E-state index contributed by atoms with van der Waals surface area (Å²) in [6, 6.07) is 13.6. The number of carbonyl (C=O) groups is 1. The lowest BCUT2D eigenvalue weighted by Crippen LogP contribution is -2.13. The zero-order chi connectivity index (χ0) is 20.6. The van der Waals surface area contributed by atoms with Crippen LogP contribution in [0.1, 0.15) is 21.7 Å². The summed E-state index contributed by atoms with van der Waals surface area (Å²) in [5.41, 5.74) is 1.57. The molecule has 8 heteroatoms. The second-order valence-corrected chi connectivity index (χ2v) is 7.26. The van der Waals surface area contributed by atoms with Crippen LogP contribution in [0.2, 0.25) is 0 Å². The van der Waals surface area contributed by atoms with Gasteiger partial charge < -0.3 is 0 Å². The number of alkyl halides is 3. The van der Waals surface area contributed by atoms with Crippen molar-refractivity contribution in [3.05, 3.63) is 76.9 Å². The van der Waals surface area contributed by atoms with Crippen molar-refractivity contribution in [2.24, 2.45) is 0 Å². The molecule has 0 saturated heterocycles. The first-order chi connectivity index (χ1) is 13.8. The highest BCUT2D eigenvalue weighted by Crippen LogP contribution is 2.34. The number of carbonyl (C=O) groups excluding carboxylic acids is 1. The summed E-state index contributed by atoms with van der Waals surface area (Å²) in [6.07, 6.45) is -4.44. The van der Waals surface area contributed by atoms with Gasteiger partial charge in [-0.15, -0.1) is 11.3 Å². The molecule has 0 aliphatic carbocycles. The molecular weight excluding hydrogens is 399 g/mol. The first-order valence-electron chi connectivity index (χ1n) is 8.62. The Morgan fingerprint density at radius 2 is 1.83 bits per heavy atom. The molecule has 29 heavy (non-hydrogen) atoms. The third-order valence-electron chi connectivity index (χ3n) is 4.29. The Bertz CT molecular complexity index is 1220. The van der Waals surface area contributed by atoms with Crippen LogP contribution in [-0.2, 0) is 6.18 Å². The minimum absolute atomic E-state index is 0.157. The second kappa shape index (κ2) is 7.29. The van der Waals surface area contributed by atoms with Crippen LogP contribution >= 0.6 is 11.3 Å². The van der Waals surface area contributed by atoms with E-state index < -0.39 is 17.6 Å². The number of thiazole rings is 1. The van der Waals surface area contributed by atoms with Gasteiger partial charge in [-0.1, -0.05) is 36.4 Å². The van der Waals surface area contributed by atoms with Crippen LogP contribution in [-0.4, -0.2) is 15.9 Å². The summed E-state index contributed by atoms with van der Waals surface area (Å²) < 4.78 is 39.3. The lowest BCUT2D eigenvalue weighted by Gasteiger charge is -2.11. The molecule has 0 fully saturated rings. The number of anilines is 1. The number of benzene rings is 2. The van der Waals surface area contributed by atoms with Crippen molar-refractivity contribution >= 4 is 33.3 Å². The molecule has 0 atom stereocenters. The summed E-state index contributed by atoms with van der Waals surface area (Å²) in [5, 5.41) is 5.69. The van der Waals surface area contributed by atoms with Crippen LogP contribution < -0.4 is 5.32 Å². The maximum absolute atomic E-state index is 13.1. The highest BCUT2D eigenvalue weighted by atomic mass is 32.1. The maximum Gasteiger partial charge on any atom is 0.416 e. The molecular formula is C21H14F3N3OS. The van der Waals surface area contributed by atoms with Crippen LogP contribution in [0.4, 0.5) is 18.3 Å². The van der Waals surface area contributed by atoms with Crippen molar-refractivity contribution in [3.63, 3.8) is 0 Å². The third-order valence-corrected chi connectivity index (χ3v) is 5.17. The molecule has 0 spiro atoms. The molecule has 1 amide bonds. The molecule has 0 aliphatic rings. The quantitative estimate of drug-likeness (QED) is 0.452. The Morgan fingerprint density at radius 3 is 2.55 bits per heavy atom. The van der Waals surface area contributed by atoms with Crippen LogP contribution in [0, 0.1) is 6.92 Å². The highest BCUT2D eigenvalue weighted by Gasteiger charge is 2.30. The molecule has 2 aromatic heterocycles. The van der Waals surface area contributed by atoms with E-state index in [-0.39, 0.29) is 5.69 Å². The van der Waals surface area contributed by atoms with Gasteiger partial charge in [0.05, 0.1) is 16.8 Å². The number of nitrogens with one attached hydrogen (secondary N) is 1. The monoisotopic (exact) mass is 413 g/mol. The molecule has 4 aromatic rings. The summed E-state index contributed by atoms with van der Waals surface area (Å²) >= 11 is 1.30. The van der Waals surface area contributed by atoms with Crippen molar-refractivity contribution in [1.82, 2.24) is 9.97 Å². The molecule has 0 unspecified atom stereocenters. The van der Waals surface area contributed by atoms with Gasteiger partial charge in [0.15, 0.2) is 5.13 Å². The summed E-state index contributed by atoms with van der Waals surface area (Å²) in [5.74, 6) is -0.430. The lowest BCUT2D eigenvalue weighted by atomic mass is 9.99. The van der Waals surface area contributed by atoms with Crippen molar-refractivity contribution in [1.29, 1.82) is 0 Å². The van der Waals surface area contributed by atoms with Gasteiger partial charge in [-0.2, -0.15) is 13.2 Å². The predicted octanol–water partition coefficient (Wildman–Crippen LogP) is 5.94. The standard InChI is InChI=1S/C21H14F3N3OS/c1-12-11-29-20(25-12)27-19(28)17-9-8-13-4-3-7-16(18(13)26-17)14-5-2-6-15(10-14)21(22,23)24/h2-11H,1H3,(H,25,27,28). The first kappa shape index (κ1) is 19.1. The molecule has 4 nitrogen and oxygen atoms in total. The third kappa shape index (κ3) is 3.97. The number of aromatic nitrogens is 2. The van der Waals surface area contributed by atoms with E-state index in [9.17, 15) is 18.0 Å². The Balaban J connectivity index is 1.76. The van der Waals surface area contributed by atoms with Gasteiger partial charge >= 0.3 is 6.18 Å². The van der Waals surface area contributed by atoms with E-state index in [1.54, 1.807) is 36.4 Å². The van der Waals surface area contributed by atoms with E-state index in [0.29, 0.717) is 21.8 Å². The van der Waals surface area contributed by atoms with E-state index in [0.717, 1.165) is 23.2 Å². The van der Waals surface area contributed by atoms with Crippen molar-refractivity contribution in [3.8, 4) is 11.1 Å². The van der Waals surface area contributed by atoms with E-state index in [1.165, 1.54) is 17.4 Å². The number of halogens is 3. The number of fused-ring (bicyclic) bond motifs is 1. The number of aryl methyl sites for hydroxylation is 1. The average Bonchev–Trinajstić information content (AvgIpc) is 3.11. The van der Waals surface area contributed by atoms with Crippen LogP contribution in [0.15, 0.2) is 60.0 Å². The van der Waals surface area contributed by atoms with E-state index >= 15 is 0 Å². The molecule has 146 valence electrons. The largest absolute Gasteiger partial charge is 0.416 e. The van der Waals surface area contributed by atoms with Crippen molar-refractivity contribution in [2.75, 3.05) is 5.32 Å². The van der Waals surface area contributed by atoms with E-state index in [1.807, 2.05) is 12.3 Å². The molecule has 0 saturated carbocycles. The summed E-state index contributed by atoms with van der Waals surface area (Å²) in [7, 11) is 0. The number of para-hydroxylation sites is 1. The van der Waals surface area contributed by atoms with Gasteiger partial charge in [0, 0.05) is 16.3 Å². The summed E-state index contributed by atoms with van der Waals surface area (Å²) in [6.45, 7) is 1.82. The van der Waals surface area contributed by atoms with Gasteiger partial charge in [-0.3, -0.25) is 10.1 Å². The molecule has 0 radical (unpaired) electrons. The van der Waals surface area contributed by atoms with E-state index in [2.05, 4.69) is 15.3 Å². The number of nitrogens with zero attached hydrogens (tertiary/aromatic N) is 2. The fourth-order valence-corrected chi connectivity index (χ4v) is 3.63. The maximum atomic E-state index is 13.1. The minimum Gasteiger partial charge on any atom is -0.296 e. The average molecular weight is 413 g/mol. The number of rotatable bonds is 3. The van der Waals surface area contributed by atoms with Gasteiger partial charge in [0.25, 0.3) is 5.91 Å². The number of amides is 1. The van der Waals surface area contributed by atoms with Gasteiger partial charge in [-0.25, -0.2) is 9.97 Å². The molecule has 4 rings (SSSR count). The zero-order valence-electron chi connectivity index (χ0n) is 15.1. The summed E-state index contributed by atoms with van der Waals surface area (Å²) in [4.78, 5) is 21.2. The Hall–Kier alpha value is -3.26. The zero-order valence-corrected chi connectivity index (χ0v) is 15.9. The predicted molar refractivity (Wildman–Crippen MR) is 107 cm³/mol. The topological polar surface area (TPSA) is 54.9 Å². The Morgan fingerprint density at radius 1 is 1.03 bits per heavy atom. The van der Waals surface area contributed by atoms with E-state index in [4.69, 9.17) is 0 Å². The van der Waals surface area contributed by atoms with Crippen molar-refractivity contribution in [2.45, 2.75) is 13.1 Å². The highest BCUT2D eigenvalue weighted by molar-refractivity contribution is 7.13. The fraction of sp³-hybridized carbons (Fsp3) is 0.0952. The number of hydrogen-bond acceptors (Lipinski definition) is 4. The normalized spacial score (nSPS) is 11.6. The Kier molecular flexibility index (Phi) is 4.79. The lowest BCUT2D eigenvalue weighted by molar-refractivity contribution is -0.137. The fourth-order valence-electron chi connectivity index (χ4n) is 2.94. The molecule has 2 aromatic carbocycles.